The predicted octanol–water partition coefficient (Wildman–Crippen LogP) is 5.44. The van der Waals surface area contributed by atoms with E-state index in [1.807, 2.05) is 12.1 Å². The van der Waals surface area contributed by atoms with Crippen LogP contribution < -0.4 is 10.0 Å². The van der Waals surface area contributed by atoms with E-state index < -0.39 is 5.60 Å². The van der Waals surface area contributed by atoms with Gasteiger partial charge in [0.15, 0.2) is 0 Å². The van der Waals surface area contributed by atoms with E-state index >= 15 is 0 Å². The number of hydrogen-bond donors (Lipinski definition) is 3. The van der Waals surface area contributed by atoms with Crippen molar-refractivity contribution < 1.29 is 9.90 Å². The maximum atomic E-state index is 12.6. The number of amides is 2. The number of rotatable bonds is 4. The molecule has 2 amide bonds. The zero-order chi connectivity index (χ0) is 19.2. The summed E-state index contributed by atoms with van der Waals surface area (Å²) in [6.07, 6.45) is 6.15. The molecule has 0 radical (unpaired) electrons. The van der Waals surface area contributed by atoms with E-state index in [1.165, 1.54) is 45.5 Å². The first-order valence-corrected chi connectivity index (χ1v) is 11.3. The van der Waals surface area contributed by atoms with Crippen LogP contribution in [0.5, 0.6) is 0 Å². The number of aliphatic hydroxyl groups is 1. The first kappa shape index (κ1) is 19.1. The summed E-state index contributed by atoms with van der Waals surface area (Å²) in [5.41, 5.74) is 5.03. The van der Waals surface area contributed by atoms with Gasteiger partial charge in [0.05, 0.1) is 9.81 Å². The average Bonchev–Trinajstić information content (AvgIpc) is 3.36. The molecule has 1 aromatic carbocycles. The van der Waals surface area contributed by atoms with E-state index in [9.17, 15) is 9.90 Å². The average molecular weight is 423 g/mol. The third-order valence-electron chi connectivity index (χ3n) is 5.24. The molecule has 0 bridgehead atoms. The Hall–Kier alpha value is -1.21. The maximum Gasteiger partial charge on any atom is 0.329 e. The lowest BCUT2D eigenvalue weighted by Crippen LogP contribution is -2.24. The minimum Gasteiger partial charge on any atom is -0.385 e. The molecule has 4 nitrogen and oxygen atoms in total. The van der Waals surface area contributed by atoms with Gasteiger partial charge in [-0.2, -0.15) is 0 Å². The predicted molar refractivity (Wildman–Crippen MR) is 113 cm³/mol. The van der Waals surface area contributed by atoms with E-state index in [0.717, 1.165) is 58.3 Å². The van der Waals surface area contributed by atoms with Crippen LogP contribution in [0.25, 0.3) is 0 Å². The fourth-order valence-corrected chi connectivity index (χ4v) is 6.08. The van der Waals surface area contributed by atoms with Gasteiger partial charge in [0.25, 0.3) is 0 Å². The second kappa shape index (κ2) is 7.32. The number of carbonyl (C=O) groups excluding carboxylic acids is 1. The summed E-state index contributed by atoms with van der Waals surface area (Å²) in [7, 11) is 0. The van der Waals surface area contributed by atoms with Crippen LogP contribution in [0.1, 0.15) is 53.8 Å². The number of urea groups is 1. The molecule has 4 rings (SSSR count). The highest BCUT2D eigenvalue weighted by atomic mass is 35.5. The topological polar surface area (TPSA) is 61.4 Å². The molecule has 27 heavy (non-hydrogen) atoms. The molecule has 0 saturated carbocycles. The Kier molecular flexibility index (Phi) is 5.18. The van der Waals surface area contributed by atoms with Gasteiger partial charge in [-0.05, 0) is 98.7 Å². The summed E-state index contributed by atoms with van der Waals surface area (Å²) in [4.78, 5) is 13.4. The van der Waals surface area contributed by atoms with Crippen LogP contribution in [0.4, 0.5) is 10.5 Å². The lowest BCUT2D eigenvalue weighted by atomic mass is 9.98. The largest absolute Gasteiger partial charge is 0.385 e. The van der Waals surface area contributed by atoms with Crippen molar-refractivity contribution in [3.8, 4) is 0 Å². The second-order valence-electron chi connectivity index (χ2n) is 7.65. The van der Waals surface area contributed by atoms with Crippen molar-refractivity contribution in [3.05, 3.63) is 44.3 Å². The Bertz CT molecular complexity index is 867. The van der Waals surface area contributed by atoms with Crippen molar-refractivity contribution in [3.63, 3.8) is 0 Å². The lowest BCUT2D eigenvalue weighted by Gasteiger charge is -2.18. The fraction of sp³-hybridized carbons (Fsp3) is 0.450. The van der Waals surface area contributed by atoms with Crippen LogP contribution in [0.15, 0.2) is 16.3 Å². The molecule has 2 aromatic rings. The summed E-state index contributed by atoms with van der Waals surface area (Å²) < 4.78 is 3.81. The Balaban J connectivity index is 1.49. The number of hydrogen-bond acceptors (Lipinski definition) is 4. The Labute approximate surface area is 172 Å². The van der Waals surface area contributed by atoms with E-state index in [4.69, 9.17) is 11.6 Å². The summed E-state index contributed by atoms with van der Waals surface area (Å²) >= 11 is 9.39. The van der Waals surface area contributed by atoms with Crippen LogP contribution in [0.3, 0.4) is 0 Å². The van der Waals surface area contributed by atoms with Gasteiger partial charge in [-0.3, -0.25) is 4.72 Å². The number of carbonyl (C=O) groups is 1. The summed E-state index contributed by atoms with van der Waals surface area (Å²) in [5, 5.41) is 14.1. The van der Waals surface area contributed by atoms with E-state index in [0.29, 0.717) is 0 Å². The van der Waals surface area contributed by atoms with Crippen molar-refractivity contribution in [2.24, 2.45) is 0 Å². The van der Waals surface area contributed by atoms with Gasteiger partial charge in [-0.15, -0.1) is 11.3 Å². The lowest BCUT2D eigenvalue weighted by molar-refractivity contribution is 0.0825. The van der Waals surface area contributed by atoms with Gasteiger partial charge >= 0.3 is 6.03 Å². The molecular formula is C20H23ClN2O2S2. The van der Waals surface area contributed by atoms with Crippen LogP contribution in [-0.2, 0) is 31.3 Å². The Morgan fingerprint density at radius 3 is 2.26 bits per heavy atom. The second-order valence-corrected chi connectivity index (χ2v) is 10.2. The summed E-state index contributed by atoms with van der Waals surface area (Å²) in [6, 6.07) is 3.59. The van der Waals surface area contributed by atoms with Gasteiger partial charge < -0.3 is 10.4 Å². The molecule has 7 heteroatoms. The molecule has 1 aromatic heterocycles. The first-order chi connectivity index (χ1) is 12.8. The monoisotopic (exact) mass is 422 g/mol. The van der Waals surface area contributed by atoms with Gasteiger partial charge in [0.1, 0.15) is 0 Å². The number of benzene rings is 1. The Morgan fingerprint density at radius 2 is 1.70 bits per heavy atom. The van der Waals surface area contributed by atoms with Crippen molar-refractivity contribution in [2.75, 3.05) is 5.32 Å². The molecular weight excluding hydrogens is 400 g/mol. The van der Waals surface area contributed by atoms with Gasteiger partial charge in [0.2, 0.25) is 0 Å². The summed E-state index contributed by atoms with van der Waals surface area (Å²) in [5.74, 6) is 0. The van der Waals surface area contributed by atoms with E-state index in [-0.39, 0.29) is 6.03 Å². The van der Waals surface area contributed by atoms with Crippen molar-refractivity contribution in [1.29, 1.82) is 0 Å². The zero-order valence-corrected chi connectivity index (χ0v) is 17.8. The van der Waals surface area contributed by atoms with Gasteiger partial charge in [-0.25, -0.2) is 4.79 Å². The molecule has 0 fully saturated rings. The van der Waals surface area contributed by atoms with Crippen LogP contribution in [-0.4, -0.2) is 11.1 Å². The van der Waals surface area contributed by atoms with Crippen molar-refractivity contribution in [1.82, 2.24) is 4.72 Å². The fourth-order valence-electron chi connectivity index (χ4n) is 3.98. The minimum atomic E-state index is -0.865. The van der Waals surface area contributed by atoms with Crippen LogP contribution >= 0.6 is 34.9 Å². The molecule has 144 valence electrons. The van der Waals surface area contributed by atoms with E-state index in [2.05, 4.69) is 10.0 Å². The Morgan fingerprint density at radius 1 is 1.11 bits per heavy atom. The number of thiophene rings is 1. The quantitative estimate of drug-likeness (QED) is 0.575. The molecule has 2 aliphatic carbocycles. The molecule has 0 saturated heterocycles. The molecule has 0 aliphatic heterocycles. The highest BCUT2D eigenvalue weighted by Gasteiger charge is 2.28. The summed E-state index contributed by atoms with van der Waals surface area (Å²) in [6.45, 7) is 3.52. The molecule has 2 aliphatic rings. The van der Waals surface area contributed by atoms with Crippen molar-refractivity contribution >= 4 is 46.6 Å². The highest BCUT2D eigenvalue weighted by Crippen LogP contribution is 2.44. The maximum absolute atomic E-state index is 12.6. The molecule has 0 unspecified atom stereocenters. The number of fused-ring (bicyclic) bond motifs is 2. The third kappa shape index (κ3) is 3.73. The van der Waals surface area contributed by atoms with Gasteiger partial charge in [0, 0.05) is 15.6 Å². The molecule has 0 spiro atoms. The molecule has 3 N–H and O–H groups in total. The molecule has 0 atom stereocenters. The smallest absolute Gasteiger partial charge is 0.329 e. The zero-order valence-electron chi connectivity index (χ0n) is 15.4. The van der Waals surface area contributed by atoms with Crippen LogP contribution in [0.2, 0.25) is 5.02 Å². The highest BCUT2D eigenvalue weighted by molar-refractivity contribution is 7.99. The SMILES string of the molecule is CC(C)(O)c1ccc(SNC(=O)Nc2c3c(c(Cl)c4c2CCC4)CCC3)s1. The normalized spacial score (nSPS) is 15.6. The first-order valence-electron chi connectivity index (χ1n) is 9.26. The van der Waals surface area contributed by atoms with Gasteiger partial charge in [-0.1, -0.05) is 11.6 Å². The van der Waals surface area contributed by atoms with Crippen LogP contribution in [0, 0.1) is 0 Å². The number of halogens is 1. The van der Waals surface area contributed by atoms with Crippen molar-refractivity contribution in [2.45, 2.75) is 62.2 Å². The third-order valence-corrected chi connectivity index (χ3v) is 8.01. The number of anilines is 1. The minimum absolute atomic E-state index is 0.219. The standard InChI is InChI=1S/C20H23ClN2O2S2/c1-20(2,25)15-9-10-16(26-15)27-23-19(24)22-18-13-7-3-5-11(13)17(21)12-6-4-8-14(12)18/h9-10,25H,3-8H2,1-2H3,(H2,22,23,24). The molecule has 1 heterocycles. The number of nitrogens with one attached hydrogen (secondary N) is 2. The van der Waals surface area contributed by atoms with E-state index in [1.54, 1.807) is 13.8 Å².